The van der Waals surface area contributed by atoms with Crippen LogP contribution in [0.1, 0.15) is 26.7 Å². The summed E-state index contributed by atoms with van der Waals surface area (Å²) < 4.78 is 26.9. The van der Waals surface area contributed by atoms with Crippen molar-refractivity contribution in [1.82, 2.24) is 4.90 Å². The fraction of sp³-hybridized carbons (Fsp3) is 0.533. The number of benzene rings is 1. The lowest BCUT2D eigenvalue weighted by atomic mass is 10.0. The highest BCUT2D eigenvalue weighted by molar-refractivity contribution is 5.73. The average Bonchev–Trinajstić information content (AvgIpc) is 2.81. The van der Waals surface area contributed by atoms with Crippen molar-refractivity contribution in [3.63, 3.8) is 0 Å². The van der Waals surface area contributed by atoms with Crippen molar-refractivity contribution in [2.24, 2.45) is 0 Å². The molecule has 2 rings (SSSR count). The molecule has 5 heteroatoms. The van der Waals surface area contributed by atoms with Crippen LogP contribution in [-0.2, 0) is 4.79 Å². The van der Waals surface area contributed by atoms with E-state index in [4.69, 9.17) is 0 Å². The smallest absolute Gasteiger partial charge is 0.219 e. The van der Waals surface area contributed by atoms with Crippen LogP contribution in [-0.4, -0.2) is 36.5 Å². The number of carbonyl (C=O) groups is 1. The number of anilines is 1. The van der Waals surface area contributed by atoms with Crippen LogP contribution >= 0.6 is 0 Å². The molecule has 0 saturated carbocycles. The van der Waals surface area contributed by atoms with E-state index >= 15 is 0 Å². The fourth-order valence-corrected chi connectivity index (χ4v) is 3.03. The highest BCUT2D eigenvalue weighted by Crippen LogP contribution is 2.32. The van der Waals surface area contributed by atoms with E-state index in [1.165, 1.54) is 19.1 Å². The molecule has 0 aromatic heterocycles. The van der Waals surface area contributed by atoms with Gasteiger partial charge in [-0.3, -0.25) is 4.79 Å². The Labute approximate surface area is 118 Å². The molecule has 1 aromatic carbocycles. The maximum atomic E-state index is 13.9. The van der Waals surface area contributed by atoms with Crippen LogP contribution in [0, 0.1) is 11.6 Å². The van der Waals surface area contributed by atoms with Gasteiger partial charge < -0.3 is 9.80 Å². The Hall–Kier alpha value is -1.65. The number of nitrogens with zero attached hydrogens (tertiary/aromatic N) is 2. The fourth-order valence-electron chi connectivity index (χ4n) is 3.03. The molecule has 0 N–H and O–H groups in total. The van der Waals surface area contributed by atoms with Crippen molar-refractivity contribution in [2.75, 3.05) is 18.5 Å². The van der Waals surface area contributed by atoms with Crippen molar-refractivity contribution in [1.29, 1.82) is 0 Å². The van der Waals surface area contributed by atoms with Crippen LogP contribution in [0.15, 0.2) is 18.2 Å². The molecule has 0 bridgehead atoms. The second kappa shape index (κ2) is 5.77. The topological polar surface area (TPSA) is 23.6 Å². The molecule has 20 heavy (non-hydrogen) atoms. The van der Waals surface area contributed by atoms with Gasteiger partial charge in [0.1, 0.15) is 11.6 Å². The monoisotopic (exact) mass is 282 g/mol. The highest BCUT2D eigenvalue weighted by Gasteiger charge is 2.37. The van der Waals surface area contributed by atoms with Gasteiger partial charge in [0.05, 0.1) is 11.7 Å². The highest BCUT2D eigenvalue weighted by atomic mass is 19.1. The molecule has 1 amide bonds. The summed E-state index contributed by atoms with van der Waals surface area (Å²) >= 11 is 0. The molecule has 1 aromatic rings. The zero-order valence-corrected chi connectivity index (χ0v) is 12.1. The number of halogens is 2. The number of rotatable bonds is 3. The summed E-state index contributed by atoms with van der Waals surface area (Å²) in [6, 6.07) is 3.78. The molecular weight excluding hydrogens is 262 g/mol. The second-order valence-corrected chi connectivity index (χ2v) is 5.25. The standard InChI is InChI=1S/C15H20F2N2O/c1-4-13-15(18(3)10(2)20)7-8-19(13)14-6-5-11(16)9-12(14)17/h5-6,9,13,15H,4,7-8H2,1-3H3. The van der Waals surface area contributed by atoms with Gasteiger partial charge in [-0.05, 0) is 25.0 Å². The quantitative estimate of drug-likeness (QED) is 0.851. The van der Waals surface area contributed by atoms with Gasteiger partial charge in [0.25, 0.3) is 0 Å². The summed E-state index contributed by atoms with van der Waals surface area (Å²) in [5.74, 6) is -1.11. The van der Waals surface area contributed by atoms with Crippen LogP contribution in [0.4, 0.5) is 14.5 Å². The van der Waals surface area contributed by atoms with E-state index in [1.54, 1.807) is 11.9 Å². The molecule has 0 spiro atoms. The third kappa shape index (κ3) is 2.62. The molecule has 3 nitrogen and oxygen atoms in total. The number of likely N-dealkylation sites (N-methyl/N-ethyl adjacent to an activating group) is 1. The van der Waals surface area contributed by atoms with Crippen molar-refractivity contribution in [3.05, 3.63) is 29.8 Å². The SMILES string of the molecule is CCC1C(N(C)C(C)=O)CCN1c1ccc(F)cc1F. The van der Waals surface area contributed by atoms with Crippen LogP contribution in [0.25, 0.3) is 0 Å². The van der Waals surface area contributed by atoms with Crippen LogP contribution in [0.3, 0.4) is 0 Å². The Bertz CT molecular complexity index is 507. The normalized spacial score (nSPS) is 22.1. The van der Waals surface area contributed by atoms with Gasteiger partial charge in [0, 0.05) is 32.6 Å². The number of hydrogen-bond donors (Lipinski definition) is 0. The largest absolute Gasteiger partial charge is 0.364 e. The summed E-state index contributed by atoms with van der Waals surface area (Å²) in [6.07, 6.45) is 1.60. The van der Waals surface area contributed by atoms with Crippen molar-refractivity contribution < 1.29 is 13.6 Å². The van der Waals surface area contributed by atoms with Gasteiger partial charge in [-0.15, -0.1) is 0 Å². The lowest BCUT2D eigenvalue weighted by Gasteiger charge is -2.33. The molecular formula is C15H20F2N2O. The maximum Gasteiger partial charge on any atom is 0.219 e. The molecule has 1 heterocycles. The Morgan fingerprint density at radius 1 is 1.45 bits per heavy atom. The maximum absolute atomic E-state index is 13.9. The molecule has 110 valence electrons. The number of carbonyl (C=O) groups excluding carboxylic acids is 1. The summed E-state index contributed by atoms with van der Waals surface area (Å²) in [5.41, 5.74) is 0.415. The number of hydrogen-bond acceptors (Lipinski definition) is 2. The van der Waals surface area contributed by atoms with Crippen LogP contribution in [0.2, 0.25) is 0 Å². The lowest BCUT2D eigenvalue weighted by Crippen LogP contribution is -2.45. The molecule has 0 aliphatic carbocycles. The molecule has 1 saturated heterocycles. The Balaban J connectivity index is 2.27. The van der Waals surface area contributed by atoms with E-state index in [-0.39, 0.29) is 18.0 Å². The summed E-state index contributed by atoms with van der Waals surface area (Å²) in [5, 5.41) is 0. The van der Waals surface area contributed by atoms with Crippen molar-refractivity contribution in [2.45, 2.75) is 38.8 Å². The zero-order chi connectivity index (χ0) is 14.9. The predicted molar refractivity (Wildman–Crippen MR) is 74.6 cm³/mol. The van der Waals surface area contributed by atoms with Crippen molar-refractivity contribution >= 4 is 11.6 Å². The van der Waals surface area contributed by atoms with E-state index in [2.05, 4.69) is 0 Å². The van der Waals surface area contributed by atoms with E-state index < -0.39 is 11.6 Å². The third-order valence-electron chi connectivity index (χ3n) is 4.14. The molecule has 2 atom stereocenters. The van der Waals surface area contributed by atoms with Gasteiger partial charge in [-0.25, -0.2) is 8.78 Å². The predicted octanol–water partition coefficient (Wildman–Crippen LogP) is 2.80. The Kier molecular flexibility index (Phi) is 4.26. The van der Waals surface area contributed by atoms with Crippen LogP contribution < -0.4 is 4.90 Å². The summed E-state index contributed by atoms with van der Waals surface area (Å²) in [7, 11) is 1.78. The van der Waals surface area contributed by atoms with Gasteiger partial charge in [0.15, 0.2) is 0 Å². The average molecular weight is 282 g/mol. The van der Waals surface area contributed by atoms with Gasteiger partial charge in [-0.2, -0.15) is 0 Å². The van der Waals surface area contributed by atoms with E-state index in [9.17, 15) is 13.6 Å². The van der Waals surface area contributed by atoms with E-state index in [0.717, 1.165) is 18.9 Å². The first kappa shape index (κ1) is 14.8. The van der Waals surface area contributed by atoms with E-state index in [1.807, 2.05) is 11.8 Å². The van der Waals surface area contributed by atoms with Gasteiger partial charge in [0.2, 0.25) is 5.91 Å². The van der Waals surface area contributed by atoms with Gasteiger partial charge in [-0.1, -0.05) is 6.92 Å². The minimum absolute atomic E-state index is 0.00915. The molecule has 2 unspecified atom stereocenters. The summed E-state index contributed by atoms with van der Waals surface area (Å²) in [6.45, 7) is 4.22. The first-order valence-electron chi connectivity index (χ1n) is 6.90. The molecule has 0 radical (unpaired) electrons. The molecule has 1 aliphatic rings. The summed E-state index contributed by atoms with van der Waals surface area (Å²) in [4.78, 5) is 15.2. The Morgan fingerprint density at radius 3 is 2.70 bits per heavy atom. The number of amides is 1. The zero-order valence-electron chi connectivity index (χ0n) is 12.1. The van der Waals surface area contributed by atoms with E-state index in [0.29, 0.717) is 12.2 Å². The first-order valence-corrected chi connectivity index (χ1v) is 6.90. The minimum atomic E-state index is -0.573. The van der Waals surface area contributed by atoms with Crippen molar-refractivity contribution in [3.8, 4) is 0 Å². The molecule has 1 aliphatic heterocycles. The third-order valence-corrected chi connectivity index (χ3v) is 4.14. The first-order chi connectivity index (χ1) is 9.45. The Morgan fingerprint density at radius 2 is 2.15 bits per heavy atom. The van der Waals surface area contributed by atoms with Gasteiger partial charge >= 0.3 is 0 Å². The second-order valence-electron chi connectivity index (χ2n) is 5.25. The van der Waals surface area contributed by atoms with Crippen LogP contribution in [0.5, 0.6) is 0 Å². The lowest BCUT2D eigenvalue weighted by molar-refractivity contribution is -0.129. The minimum Gasteiger partial charge on any atom is -0.364 e. The molecule has 1 fully saturated rings.